The summed E-state index contributed by atoms with van der Waals surface area (Å²) >= 11 is 1.50. The van der Waals surface area contributed by atoms with Crippen molar-refractivity contribution in [1.82, 2.24) is 14.9 Å². The van der Waals surface area contributed by atoms with Gasteiger partial charge in [-0.3, -0.25) is 4.90 Å². The summed E-state index contributed by atoms with van der Waals surface area (Å²) in [5.74, 6) is 1.41. The smallest absolute Gasteiger partial charge is 0.191 e. The summed E-state index contributed by atoms with van der Waals surface area (Å²) < 4.78 is 0. The quantitative estimate of drug-likeness (QED) is 0.583. The van der Waals surface area contributed by atoms with E-state index in [1.165, 1.54) is 11.8 Å². The van der Waals surface area contributed by atoms with E-state index in [-0.39, 0.29) is 6.61 Å². The second kappa shape index (κ2) is 6.21. The highest BCUT2D eigenvalue weighted by Gasteiger charge is 2.18. The predicted molar refractivity (Wildman–Crippen MR) is 74.0 cm³/mol. The maximum atomic E-state index is 8.91. The van der Waals surface area contributed by atoms with Crippen molar-refractivity contribution in [3.05, 3.63) is 6.07 Å². The van der Waals surface area contributed by atoms with Gasteiger partial charge in [-0.05, 0) is 6.26 Å². The van der Waals surface area contributed by atoms with Crippen LogP contribution in [0.3, 0.4) is 0 Å². The molecule has 0 atom stereocenters. The lowest BCUT2D eigenvalue weighted by Crippen LogP contribution is -2.47. The molecule has 1 fully saturated rings. The van der Waals surface area contributed by atoms with E-state index in [0.29, 0.717) is 11.0 Å². The molecule has 18 heavy (non-hydrogen) atoms. The van der Waals surface area contributed by atoms with E-state index in [1.807, 2.05) is 12.3 Å². The average molecular weight is 269 g/mol. The minimum atomic E-state index is 0.219. The average Bonchev–Trinajstić information content (AvgIpc) is 2.39. The van der Waals surface area contributed by atoms with Gasteiger partial charge in [0, 0.05) is 38.8 Å². The molecule has 3 N–H and O–H groups in total. The Balaban J connectivity index is 2.02. The molecule has 7 heteroatoms. The number of nitrogen functional groups attached to an aromatic ring is 1. The highest BCUT2D eigenvalue weighted by molar-refractivity contribution is 7.98. The number of hydrogen-bond acceptors (Lipinski definition) is 7. The third kappa shape index (κ3) is 3.24. The zero-order valence-electron chi connectivity index (χ0n) is 10.5. The Morgan fingerprint density at radius 2 is 2.06 bits per heavy atom. The molecule has 0 radical (unpaired) electrons. The molecule has 100 valence electrons. The van der Waals surface area contributed by atoms with Gasteiger partial charge in [-0.15, -0.1) is 0 Å². The zero-order valence-corrected chi connectivity index (χ0v) is 11.4. The SMILES string of the molecule is CSc1nc(N)cc(N2CCN(CCO)CC2)n1. The van der Waals surface area contributed by atoms with E-state index in [0.717, 1.165) is 38.5 Å². The molecular formula is C11H19N5OS. The predicted octanol–water partition coefficient (Wildman–Crippen LogP) is -0.105. The minimum absolute atomic E-state index is 0.219. The van der Waals surface area contributed by atoms with Crippen LogP contribution in [0.25, 0.3) is 0 Å². The van der Waals surface area contributed by atoms with Crippen LogP contribution in [0.1, 0.15) is 0 Å². The van der Waals surface area contributed by atoms with Crippen molar-refractivity contribution in [2.45, 2.75) is 5.16 Å². The molecule has 6 nitrogen and oxygen atoms in total. The second-order valence-electron chi connectivity index (χ2n) is 4.19. The van der Waals surface area contributed by atoms with Gasteiger partial charge in [0.2, 0.25) is 0 Å². The van der Waals surface area contributed by atoms with Crippen LogP contribution >= 0.6 is 11.8 Å². The first-order valence-corrected chi connectivity index (χ1v) is 7.22. The zero-order chi connectivity index (χ0) is 13.0. The Morgan fingerprint density at radius 1 is 1.33 bits per heavy atom. The van der Waals surface area contributed by atoms with Gasteiger partial charge in [0.15, 0.2) is 5.16 Å². The first-order valence-electron chi connectivity index (χ1n) is 5.99. The lowest BCUT2D eigenvalue weighted by atomic mass is 10.3. The number of nitrogens with zero attached hydrogens (tertiary/aromatic N) is 4. The largest absolute Gasteiger partial charge is 0.395 e. The van der Waals surface area contributed by atoms with Crippen molar-refractivity contribution in [1.29, 1.82) is 0 Å². The molecule has 0 spiro atoms. The molecule has 1 aromatic heterocycles. The van der Waals surface area contributed by atoms with Crippen LogP contribution in [-0.4, -0.2) is 65.6 Å². The van der Waals surface area contributed by atoms with Gasteiger partial charge in [0.1, 0.15) is 11.6 Å². The molecule has 2 heterocycles. The molecule has 0 saturated carbocycles. The van der Waals surface area contributed by atoms with Crippen LogP contribution in [0.2, 0.25) is 0 Å². The number of aromatic nitrogens is 2. The molecule has 0 amide bonds. The van der Waals surface area contributed by atoms with Crippen LogP contribution in [0.5, 0.6) is 0 Å². The Hall–Kier alpha value is -1.05. The Morgan fingerprint density at radius 3 is 2.67 bits per heavy atom. The number of aliphatic hydroxyl groups excluding tert-OH is 1. The summed E-state index contributed by atoms with van der Waals surface area (Å²) in [6.07, 6.45) is 1.94. The Bertz CT molecular complexity index is 395. The van der Waals surface area contributed by atoms with E-state index in [1.54, 1.807) is 0 Å². The number of aliphatic hydroxyl groups is 1. The van der Waals surface area contributed by atoms with E-state index in [2.05, 4.69) is 19.8 Å². The minimum Gasteiger partial charge on any atom is -0.395 e. The monoisotopic (exact) mass is 269 g/mol. The number of piperazine rings is 1. The Labute approximate surface area is 111 Å². The number of β-amino-alcohol motifs (C(OH)–C–C–N with tert-alkyl or cyclic N) is 1. The van der Waals surface area contributed by atoms with Crippen LogP contribution in [0, 0.1) is 0 Å². The summed E-state index contributed by atoms with van der Waals surface area (Å²) in [6.45, 7) is 4.67. The molecule has 2 rings (SSSR count). The second-order valence-corrected chi connectivity index (χ2v) is 4.96. The number of thioether (sulfide) groups is 1. The van der Waals surface area contributed by atoms with Crippen molar-refractivity contribution in [2.24, 2.45) is 0 Å². The van der Waals surface area contributed by atoms with Gasteiger partial charge in [0.25, 0.3) is 0 Å². The normalized spacial score (nSPS) is 17.1. The van der Waals surface area contributed by atoms with Crippen LogP contribution < -0.4 is 10.6 Å². The third-order valence-corrected chi connectivity index (χ3v) is 3.55. The number of hydrogen-bond donors (Lipinski definition) is 2. The van der Waals surface area contributed by atoms with Crippen molar-refractivity contribution in [3.63, 3.8) is 0 Å². The molecule has 0 unspecified atom stereocenters. The lowest BCUT2D eigenvalue weighted by molar-refractivity contribution is 0.188. The molecule has 1 aromatic rings. The highest BCUT2D eigenvalue weighted by Crippen LogP contribution is 2.19. The van der Waals surface area contributed by atoms with Gasteiger partial charge in [-0.2, -0.15) is 0 Å². The fourth-order valence-electron chi connectivity index (χ4n) is 2.03. The molecular weight excluding hydrogens is 250 g/mol. The number of anilines is 2. The molecule has 0 bridgehead atoms. The fraction of sp³-hybridized carbons (Fsp3) is 0.636. The van der Waals surface area contributed by atoms with E-state index < -0.39 is 0 Å². The summed E-state index contributed by atoms with van der Waals surface area (Å²) in [6, 6.07) is 1.82. The topological polar surface area (TPSA) is 78.5 Å². The van der Waals surface area contributed by atoms with E-state index in [4.69, 9.17) is 10.8 Å². The summed E-state index contributed by atoms with van der Waals surface area (Å²) in [7, 11) is 0. The van der Waals surface area contributed by atoms with Gasteiger partial charge in [-0.1, -0.05) is 11.8 Å². The Kier molecular flexibility index (Phi) is 4.62. The van der Waals surface area contributed by atoms with Gasteiger partial charge in [-0.25, -0.2) is 9.97 Å². The molecule has 0 aromatic carbocycles. The van der Waals surface area contributed by atoms with Crippen molar-refractivity contribution >= 4 is 23.4 Å². The number of nitrogens with two attached hydrogens (primary N) is 1. The van der Waals surface area contributed by atoms with E-state index in [9.17, 15) is 0 Å². The van der Waals surface area contributed by atoms with Crippen LogP contribution in [0.4, 0.5) is 11.6 Å². The van der Waals surface area contributed by atoms with Crippen LogP contribution in [-0.2, 0) is 0 Å². The first-order chi connectivity index (χ1) is 8.72. The fourth-order valence-corrected chi connectivity index (χ4v) is 2.41. The van der Waals surface area contributed by atoms with Crippen molar-refractivity contribution in [2.75, 3.05) is 56.2 Å². The summed E-state index contributed by atoms with van der Waals surface area (Å²) in [4.78, 5) is 13.1. The molecule has 1 aliphatic heterocycles. The first kappa shape index (κ1) is 13.4. The maximum absolute atomic E-state index is 8.91. The number of rotatable bonds is 4. The third-order valence-electron chi connectivity index (χ3n) is 3.01. The van der Waals surface area contributed by atoms with E-state index >= 15 is 0 Å². The maximum Gasteiger partial charge on any atom is 0.191 e. The van der Waals surface area contributed by atoms with Gasteiger partial charge >= 0.3 is 0 Å². The molecule has 1 aliphatic rings. The molecule has 0 aliphatic carbocycles. The van der Waals surface area contributed by atoms with Gasteiger partial charge in [0.05, 0.1) is 6.61 Å². The highest BCUT2D eigenvalue weighted by atomic mass is 32.2. The van der Waals surface area contributed by atoms with Crippen molar-refractivity contribution < 1.29 is 5.11 Å². The standard InChI is InChI=1S/C11H19N5OS/c1-18-11-13-9(12)8-10(14-11)16-4-2-15(3-5-16)6-7-17/h8,17H,2-7H2,1H3,(H2,12,13,14). The van der Waals surface area contributed by atoms with Gasteiger partial charge < -0.3 is 15.7 Å². The lowest BCUT2D eigenvalue weighted by Gasteiger charge is -2.35. The summed E-state index contributed by atoms with van der Waals surface area (Å²) in [5.41, 5.74) is 5.78. The summed E-state index contributed by atoms with van der Waals surface area (Å²) in [5, 5.41) is 9.62. The van der Waals surface area contributed by atoms with Crippen molar-refractivity contribution in [3.8, 4) is 0 Å². The van der Waals surface area contributed by atoms with Crippen LogP contribution in [0.15, 0.2) is 11.2 Å². The molecule has 1 saturated heterocycles.